The van der Waals surface area contributed by atoms with Crippen molar-refractivity contribution in [3.8, 4) is 11.3 Å². The number of carbonyl (C=O) groups is 2. The molecule has 0 aliphatic heterocycles. The van der Waals surface area contributed by atoms with E-state index in [9.17, 15) is 14.0 Å². The molecule has 2 aromatic rings. The number of aromatic nitrogens is 2. The molecule has 90 valence electrons. The van der Waals surface area contributed by atoms with Crippen LogP contribution in [0.1, 0.15) is 20.8 Å². The van der Waals surface area contributed by atoms with Gasteiger partial charge < -0.3 is 5.11 Å². The van der Waals surface area contributed by atoms with Gasteiger partial charge in [-0.05, 0) is 18.2 Å². The first-order chi connectivity index (χ1) is 8.63. The maximum atomic E-state index is 13.4. The Balaban J connectivity index is 2.52. The lowest BCUT2D eigenvalue weighted by Crippen LogP contribution is -2.03. The number of nitrogens with zero attached hydrogens (tertiary/aromatic N) is 2. The number of benzene rings is 1. The van der Waals surface area contributed by atoms with Crippen molar-refractivity contribution >= 4 is 12.3 Å². The monoisotopic (exact) mass is 246 g/mol. The van der Waals surface area contributed by atoms with Crippen LogP contribution in [0.2, 0.25) is 0 Å². The zero-order valence-electron chi connectivity index (χ0n) is 9.00. The van der Waals surface area contributed by atoms with Gasteiger partial charge in [-0.2, -0.15) is 0 Å². The molecule has 0 aliphatic carbocycles. The molecule has 0 unspecified atom stereocenters. The summed E-state index contributed by atoms with van der Waals surface area (Å²) in [7, 11) is 0. The minimum Gasteiger partial charge on any atom is -0.476 e. The number of aromatic carboxylic acids is 1. The molecule has 1 N–H and O–H groups in total. The number of carbonyl (C=O) groups excluding carboxylic acids is 1. The lowest BCUT2D eigenvalue weighted by molar-refractivity contribution is 0.0689. The van der Waals surface area contributed by atoms with Crippen molar-refractivity contribution in [1.82, 2.24) is 10.2 Å². The van der Waals surface area contributed by atoms with Gasteiger partial charge in [-0.3, -0.25) is 4.79 Å². The van der Waals surface area contributed by atoms with Crippen molar-refractivity contribution in [1.29, 1.82) is 0 Å². The third kappa shape index (κ3) is 2.08. The topological polar surface area (TPSA) is 80.2 Å². The number of carboxylic acid groups (broad SMARTS) is 1. The van der Waals surface area contributed by atoms with E-state index in [4.69, 9.17) is 5.11 Å². The van der Waals surface area contributed by atoms with E-state index in [0.29, 0.717) is 6.29 Å². The zero-order valence-corrected chi connectivity index (χ0v) is 9.00. The molecule has 18 heavy (non-hydrogen) atoms. The highest BCUT2D eigenvalue weighted by Crippen LogP contribution is 2.22. The number of hydrogen-bond acceptors (Lipinski definition) is 4. The molecule has 0 aliphatic rings. The van der Waals surface area contributed by atoms with Gasteiger partial charge in [0.15, 0.2) is 12.0 Å². The number of hydrogen-bond donors (Lipinski definition) is 1. The normalized spacial score (nSPS) is 10.1. The van der Waals surface area contributed by atoms with Crippen LogP contribution in [0.4, 0.5) is 4.39 Å². The molecule has 0 amide bonds. The van der Waals surface area contributed by atoms with Crippen molar-refractivity contribution in [3.05, 3.63) is 47.4 Å². The third-order valence-electron chi connectivity index (χ3n) is 2.33. The van der Waals surface area contributed by atoms with Gasteiger partial charge in [0.1, 0.15) is 5.82 Å². The van der Waals surface area contributed by atoms with Crippen molar-refractivity contribution in [2.24, 2.45) is 0 Å². The highest BCUT2D eigenvalue weighted by molar-refractivity contribution is 5.88. The summed E-state index contributed by atoms with van der Waals surface area (Å²) >= 11 is 0. The van der Waals surface area contributed by atoms with Crippen molar-refractivity contribution < 1.29 is 19.1 Å². The van der Waals surface area contributed by atoms with Gasteiger partial charge in [-0.25, -0.2) is 9.18 Å². The molecule has 0 fully saturated rings. The first kappa shape index (κ1) is 11.8. The highest BCUT2D eigenvalue weighted by atomic mass is 19.1. The summed E-state index contributed by atoms with van der Waals surface area (Å²) in [6.45, 7) is 0. The Bertz CT molecular complexity index is 611. The summed E-state index contributed by atoms with van der Waals surface area (Å²) in [6.07, 6.45) is 0.386. The Hall–Kier alpha value is -2.63. The molecule has 0 saturated heterocycles. The Morgan fingerprint density at radius 2 is 2.00 bits per heavy atom. The van der Waals surface area contributed by atoms with E-state index >= 15 is 0 Å². The molecule has 0 atom stereocenters. The molecule has 2 rings (SSSR count). The van der Waals surface area contributed by atoms with Crippen molar-refractivity contribution in [2.75, 3.05) is 0 Å². The van der Waals surface area contributed by atoms with Gasteiger partial charge in [0.25, 0.3) is 0 Å². The average molecular weight is 246 g/mol. The van der Waals surface area contributed by atoms with Gasteiger partial charge in [0, 0.05) is 5.56 Å². The van der Waals surface area contributed by atoms with Crippen LogP contribution in [0.15, 0.2) is 30.3 Å². The number of rotatable bonds is 3. The summed E-state index contributed by atoms with van der Waals surface area (Å²) in [5.74, 6) is -1.87. The van der Waals surface area contributed by atoms with E-state index in [1.165, 1.54) is 24.3 Å². The van der Waals surface area contributed by atoms with Crippen LogP contribution in [0.25, 0.3) is 11.3 Å². The molecule has 1 aromatic heterocycles. The Morgan fingerprint density at radius 3 is 2.56 bits per heavy atom. The molecule has 0 spiro atoms. The van der Waals surface area contributed by atoms with E-state index in [-0.39, 0.29) is 22.5 Å². The molecule has 1 aromatic carbocycles. The largest absolute Gasteiger partial charge is 0.476 e. The first-order valence-electron chi connectivity index (χ1n) is 4.94. The summed E-state index contributed by atoms with van der Waals surface area (Å²) in [5.41, 5.74) is 0.161. The minimum atomic E-state index is -1.20. The predicted octanol–water partition coefficient (Wildman–Crippen LogP) is 1.79. The Morgan fingerprint density at radius 1 is 1.22 bits per heavy atom. The standard InChI is InChI=1S/C12H7FN2O3/c13-9-3-1-2-7(8(9)6-16)10-4-5-11(12(17)18)15-14-10/h1-6H,(H,17,18). The van der Waals surface area contributed by atoms with Crippen LogP contribution in [-0.2, 0) is 0 Å². The summed E-state index contributed by atoms with van der Waals surface area (Å²) in [4.78, 5) is 21.4. The van der Waals surface area contributed by atoms with Crippen LogP contribution in [0, 0.1) is 5.82 Å². The molecule has 5 nitrogen and oxygen atoms in total. The van der Waals surface area contributed by atoms with Gasteiger partial charge in [-0.15, -0.1) is 10.2 Å². The van der Waals surface area contributed by atoms with E-state index < -0.39 is 11.8 Å². The Labute approximate surface area is 101 Å². The van der Waals surface area contributed by atoms with E-state index in [2.05, 4.69) is 10.2 Å². The van der Waals surface area contributed by atoms with Crippen LogP contribution in [-0.4, -0.2) is 27.6 Å². The second kappa shape index (κ2) is 4.70. The zero-order chi connectivity index (χ0) is 13.1. The first-order valence-corrected chi connectivity index (χ1v) is 4.94. The van der Waals surface area contributed by atoms with Crippen LogP contribution in [0.3, 0.4) is 0 Å². The molecule has 1 heterocycles. The van der Waals surface area contributed by atoms with Crippen LogP contribution >= 0.6 is 0 Å². The number of carboxylic acids is 1. The van der Waals surface area contributed by atoms with Gasteiger partial charge in [0.05, 0.1) is 11.3 Å². The maximum absolute atomic E-state index is 13.4. The van der Waals surface area contributed by atoms with E-state index in [1.54, 1.807) is 0 Å². The van der Waals surface area contributed by atoms with E-state index in [0.717, 1.165) is 6.07 Å². The third-order valence-corrected chi connectivity index (χ3v) is 2.33. The predicted molar refractivity (Wildman–Crippen MR) is 59.8 cm³/mol. The average Bonchev–Trinajstić information content (AvgIpc) is 2.38. The fraction of sp³-hybridized carbons (Fsp3) is 0. The maximum Gasteiger partial charge on any atom is 0.356 e. The summed E-state index contributed by atoms with van der Waals surface area (Å²) in [6, 6.07) is 6.72. The second-order valence-electron chi connectivity index (χ2n) is 3.43. The quantitative estimate of drug-likeness (QED) is 0.835. The lowest BCUT2D eigenvalue weighted by Gasteiger charge is -2.04. The second-order valence-corrected chi connectivity index (χ2v) is 3.43. The van der Waals surface area contributed by atoms with E-state index in [1.807, 2.05) is 0 Å². The fourth-order valence-corrected chi connectivity index (χ4v) is 1.47. The molecule has 0 bridgehead atoms. The summed E-state index contributed by atoms with van der Waals surface area (Å²) < 4.78 is 13.4. The molecular formula is C12H7FN2O3. The lowest BCUT2D eigenvalue weighted by atomic mass is 10.0. The molecule has 0 radical (unpaired) electrons. The van der Waals surface area contributed by atoms with Crippen molar-refractivity contribution in [2.45, 2.75) is 0 Å². The number of aldehydes is 1. The minimum absolute atomic E-state index is 0.130. The van der Waals surface area contributed by atoms with Crippen molar-refractivity contribution in [3.63, 3.8) is 0 Å². The molecular weight excluding hydrogens is 239 g/mol. The van der Waals surface area contributed by atoms with Gasteiger partial charge >= 0.3 is 5.97 Å². The molecule has 0 saturated carbocycles. The Kier molecular flexibility index (Phi) is 3.09. The highest BCUT2D eigenvalue weighted by Gasteiger charge is 2.12. The van der Waals surface area contributed by atoms with Gasteiger partial charge in [-0.1, -0.05) is 12.1 Å². The summed E-state index contributed by atoms with van der Waals surface area (Å²) in [5, 5.41) is 15.8. The fourth-order valence-electron chi connectivity index (χ4n) is 1.47. The smallest absolute Gasteiger partial charge is 0.356 e. The molecule has 6 heteroatoms. The van der Waals surface area contributed by atoms with Crippen LogP contribution in [0.5, 0.6) is 0 Å². The SMILES string of the molecule is O=Cc1c(F)cccc1-c1ccc(C(=O)O)nn1. The van der Waals surface area contributed by atoms with Crippen LogP contribution < -0.4 is 0 Å². The van der Waals surface area contributed by atoms with Gasteiger partial charge in [0.2, 0.25) is 0 Å². The number of halogens is 1.